The molecule has 2 aliphatic rings. The number of hydrogen-bond donors (Lipinski definition) is 0. The van der Waals surface area contributed by atoms with Crippen LogP contribution in [0.4, 0.5) is 0 Å². The predicted molar refractivity (Wildman–Crippen MR) is 93.1 cm³/mol. The highest BCUT2D eigenvalue weighted by atomic mass is 16.7. The van der Waals surface area contributed by atoms with Gasteiger partial charge < -0.3 is 4.74 Å². The fourth-order valence-corrected chi connectivity index (χ4v) is 3.85. The van der Waals surface area contributed by atoms with E-state index >= 15 is 0 Å². The van der Waals surface area contributed by atoms with E-state index in [0.29, 0.717) is 6.61 Å². The highest BCUT2D eigenvalue weighted by Gasteiger charge is 2.52. The van der Waals surface area contributed by atoms with E-state index in [0.717, 1.165) is 13.1 Å². The molecule has 2 saturated heterocycles. The highest BCUT2D eigenvalue weighted by Crippen LogP contribution is 2.41. The lowest BCUT2D eigenvalue weighted by atomic mass is 10.1. The van der Waals surface area contributed by atoms with Gasteiger partial charge in [-0.25, -0.2) is 0 Å². The van der Waals surface area contributed by atoms with Gasteiger partial charge in [-0.05, 0) is 11.1 Å². The van der Waals surface area contributed by atoms with Gasteiger partial charge in [0.15, 0.2) is 0 Å². The standard InChI is InChI=1S/C20H22N2O3/c1-24-20(23)17-14-25-22-18(16-10-6-3-7-11-16)13-21(19(17)22)12-15-8-4-2-5-9-15/h2-11,17-19H,12-14H2,1H3/t17-,18+,19-/m0/s1. The van der Waals surface area contributed by atoms with Crippen LogP contribution in [-0.2, 0) is 20.9 Å². The summed E-state index contributed by atoms with van der Waals surface area (Å²) in [7, 11) is 1.44. The summed E-state index contributed by atoms with van der Waals surface area (Å²) in [6.07, 6.45) is -0.0992. The maximum Gasteiger partial charge on any atom is 0.314 e. The second-order valence-corrected chi connectivity index (χ2v) is 6.54. The molecule has 25 heavy (non-hydrogen) atoms. The number of hydrogen-bond acceptors (Lipinski definition) is 5. The van der Waals surface area contributed by atoms with Crippen LogP contribution in [0.15, 0.2) is 60.7 Å². The van der Waals surface area contributed by atoms with Gasteiger partial charge in [0.2, 0.25) is 0 Å². The summed E-state index contributed by atoms with van der Waals surface area (Å²) < 4.78 is 5.01. The molecule has 4 rings (SSSR count). The number of fused-ring (bicyclic) bond motifs is 1. The molecule has 0 aliphatic carbocycles. The predicted octanol–water partition coefficient (Wildman–Crippen LogP) is 2.61. The lowest BCUT2D eigenvalue weighted by Gasteiger charge is -2.26. The average Bonchev–Trinajstić information content (AvgIpc) is 3.24. The van der Waals surface area contributed by atoms with Crippen LogP contribution in [0.3, 0.4) is 0 Å². The van der Waals surface area contributed by atoms with Crippen LogP contribution in [0.2, 0.25) is 0 Å². The van der Waals surface area contributed by atoms with E-state index in [1.807, 2.05) is 41.5 Å². The molecule has 0 N–H and O–H groups in total. The number of carbonyl (C=O) groups excluding carboxylic acids is 1. The van der Waals surface area contributed by atoms with Crippen LogP contribution in [-0.4, -0.2) is 42.4 Å². The van der Waals surface area contributed by atoms with E-state index in [4.69, 9.17) is 9.57 Å². The van der Waals surface area contributed by atoms with Gasteiger partial charge in [-0.1, -0.05) is 60.7 Å². The molecule has 130 valence electrons. The Bertz CT molecular complexity index is 722. The Kier molecular flexibility index (Phi) is 4.53. The van der Waals surface area contributed by atoms with Gasteiger partial charge in [-0.15, -0.1) is 0 Å². The number of carbonyl (C=O) groups is 1. The minimum Gasteiger partial charge on any atom is -0.469 e. The van der Waals surface area contributed by atoms with Crippen LogP contribution in [0, 0.1) is 5.92 Å². The molecule has 2 aliphatic heterocycles. The van der Waals surface area contributed by atoms with Crippen molar-refractivity contribution in [3.05, 3.63) is 71.8 Å². The molecule has 5 heteroatoms. The van der Waals surface area contributed by atoms with Crippen molar-refractivity contribution in [2.75, 3.05) is 20.3 Å². The minimum atomic E-state index is -0.289. The lowest BCUT2D eigenvalue weighted by molar-refractivity contribution is -0.152. The van der Waals surface area contributed by atoms with Gasteiger partial charge in [0, 0.05) is 13.1 Å². The van der Waals surface area contributed by atoms with E-state index < -0.39 is 0 Å². The number of hydroxylamine groups is 2. The summed E-state index contributed by atoms with van der Waals surface area (Å²) in [6.45, 7) is 1.96. The molecule has 2 aromatic carbocycles. The Hall–Kier alpha value is -2.21. The van der Waals surface area contributed by atoms with E-state index in [1.54, 1.807) is 0 Å². The van der Waals surface area contributed by atoms with E-state index in [2.05, 4.69) is 29.2 Å². The third-order valence-corrected chi connectivity index (χ3v) is 5.03. The molecule has 2 fully saturated rings. The zero-order valence-corrected chi connectivity index (χ0v) is 14.2. The van der Waals surface area contributed by atoms with Crippen LogP contribution in [0.1, 0.15) is 17.2 Å². The molecule has 3 atom stereocenters. The van der Waals surface area contributed by atoms with Crippen LogP contribution in [0.25, 0.3) is 0 Å². The second kappa shape index (κ2) is 6.96. The van der Waals surface area contributed by atoms with Crippen molar-refractivity contribution in [1.82, 2.24) is 9.96 Å². The summed E-state index contributed by atoms with van der Waals surface area (Å²) in [6, 6.07) is 20.8. The van der Waals surface area contributed by atoms with Gasteiger partial charge in [0.05, 0.1) is 19.8 Å². The van der Waals surface area contributed by atoms with E-state index in [1.165, 1.54) is 18.2 Å². The summed E-state index contributed by atoms with van der Waals surface area (Å²) in [4.78, 5) is 20.5. The number of methoxy groups -OCH3 is 1. The first-order valence-corrected chi connectivity index (χ1v) is 8.60. The molecule has 0 spiro atoms. The van der Waals surface area contributed by atoms with Crippen LogP contribution in [0.5, 0.6) is 0 Å². The monoisotopic (exact) mass is 338 g/mol. The van der Waals surface area contributed by atoms with Crippen LogP contribution < -0.4 is 0 Å². The van der Waals surface area contributed by atoms with Gasteiger partial charge in [-0.2, -0.15) is 5.06 Å². The number of rotatable bonds is 4. The van der Waals surface area contributed by atoms with Gasteiger partial charge in [-0.3, -0.25) is 14.5 Å². The lowest BCUT2D eigenvalue weighted by Crippen LogP contribution is -2.42. The van der Waals surface area contributed by atoms with Crippen molar-refractivity contribution in [2.24, 2.45) is 5.92 Å². The fourth-order valence-electron chi connectivity index (χ4n) is 3.85. The zero-order chi connectivity index (χ0) is 17.2. The molecule has 0 amide bonds. The summed E-state index contributed by atoms with van der Waals surface area (Å²) >= 11 is 0. The molecule has 2 aromatic rings. The Morgan fingerprint density at radius 2 is 1.80 bits per heavy atom. The Labute approximate surface area is 147 Å². The average molecular weight is 338 g/mol. The summed E-state index contributed by atoms with van der Waals surface area (Å²) in [5.74, 6) is -0.498. The fraction of sp³-hybridized carbons (Fsp3) is 0.350. The molecule has 5 nitrogen and oxygen atoms in total. The van der Waals surface area contributed by atoms with Crippen molar-refractivity contribution in [3.8, 4) is 0 Å². The SMILES string of the molecule is COC(=O)[C@H]1CON2[C@@H](c3ccccc3)CN(Cc3ccccc3)[C@H]12. The quantitative estimate of drug-likeness (QED) is 0.802. The number of ether oxygens (including phenoxy) is 1. The topological polar surface area (TPSA) is 42.0 Å². The number of esters is 1. The van der Waals surface area contributed by atoms with Crippen molar-refractivity contribution >= 4 is 5.97 Å². The maximum atomic E-state index is 12.2. The molecular weight excluding hydrogens is 316 g/mol. The normalized spacial score (nSPS) is 26.5. The number of benzene rings is 2. The largest absolute Gasteiger partial charge is 0.469 e. The summed E-state index contributed by atoms with van der Waals surface area (Å²) in [5.41, 5.74) is 2.43. The van der Waals surface area contributed by atoms with Crippen molar-refractivity contribution in [1.29, 1.82) is 0 Å². The van der Waals surface area contributed by atoms with Crippen molar-refractivity contribution < 1.29 is 14.4 Å². The Morgan fingerprint density at radius 1 is 1.12 bits per heavy atom. The van der Waals surface area contributed by atoms with Crippen molar-refractivity contribution in [2.45, 2.75) is 18.8 Å². The smallest absolute Gasteiger partial charge is 0.314 e. The first-order valence-electron chi connectivity index (χ1n) is 8.60. The Balaban J connectivity index is 1.63. The maximum absolute atomic E-state index is 12.2. The van der Waals surface area contributed by atoms with E-state index in [9.17, 15) is 4.79 Å². The molecule has 0 saturated carbocycles. The number of nitrogens with zero attached hydrogens (tertiary/aromatic N) is 2. The first kappa shape index (κ1) is 16.3. The molecule has 0 unspecified atom stereocenters. The van der Waals surface area contributed by atoms with Crippen molar-refractivity contribution in [3.63, 3.8) is 0 Å². The van der Waals surface area contributed by atoms with E-state index in [-0.39, 0.29) is 24.1 Å². The third-order valence-electron chi connectivity index (χ3n) is 5.03. The molecule has 0 bridgehead atoms. The molecule has 0 radical (unpaired) electrons. The zero-order valence-electron chi connectivity index (χ0n) is 14.2. The van der Waals surface area contributed by atoms with Gasteiger partial charge in [0.1, 0.15) is 12.1 Å². The van der Waals surface area contributed by atoms with Gasteiger partial charge >= 0.3 is 5.97 Å². The molecule has 0 aromatic heterocycles. The summed E-state index contributed by atoms with van der Waals surface area (Å²) in [5, 5.41) is 1.99. The second-order valence-electron chi connectivity index (χ2n) is 6.54. The minimum absolute atomic E-state index is 0.0992. The molecular formula is C20H22N2O3. The first-order chi connectivity index (χ1) is 12.3. The van der Waals surface area contributed by atoms with Crippen LogP contribution >= 0.6 is 0 Å². The highest BCUT2D eigenvalue weighted by molar-refractivity contribution is 5.73. The van der Waals surface area contributed by atoms with Gasteiger partial charge in [0.25, 0.3) is 0 Å². The molecule has 2 heterocycles. The Morgan fingerprint density at radius 3 is 2.48 bits per heavy atom. The third kappa shape index (κ3) is 3.06.